The molecule has 3 aliphatic rings. The first kappa shape index (κ1) is 19.3. The summed E-state index contributed by atoms with van der Waals surface area (Å²) in [6, 6.07) is 6.16. The van der Waals surface area contributed by atoms with Gasteiger partial charge in [0.05, 0.1) is 0 Å². The molecular formula is C23H32N2O3. The third-order valence-corrected chi connectivity index (χ3v) is 6.62. The zero-order valence-corrected chi connectivity index (χ0v) is 17.5. The van der Waals surface area contributed by atoms with Crippen LogP contribution in [-0.2, 0) is 11.3 Å². The van der Waals surface area contributed by atoms with E-state index in [2.05, 4.69) is 55.7 Å². The van der Waals surface area contributed by atoms with Crippen LogP contribution in [0.5, 0.6) is 11.5 Å². The van der Waals surface area contributed by atoms with Crippen molar-refractivity contribution in [2.24, 2.45) is 17.3 Å². The normalized spacial score (nSPS) is 25.5. The second-order valence-electron chi connectivity index (χ2n) is 9.21. The lowest BCUT2D eigenvalue weighted by atomic mass is 10.1. The Morgan fingerprint density at radius 3 is 2.57 bits per heavy atom. The molecule has 5 heteroatoms. The standard InChI is InChI=1S/C23H32N2O3/c1-16(2)5-7-18-21(23(18,3)4)22(26)25-11-9-24(10-12-25)14-17-6-8-19-20(13-17)28-15-27-19/h5-6,8,13,18,21H,7,9-12,14-15H2,1-4H3/t18-,21+/m0/s1. The molecule has 2 aliphatic heterocycles. The van der Waals surface area contributed by atoms with Crippen molar-refractivity contribution in [2.75, 3.05) is 33.0 Å². The van der Waals surface area contributed by atoms with Gasteiger partial charge in [-0.2, -0.15) is 0 Å². The minimum absolute atomic E-state index is 0.132. The van der Waals surface area contributed by atoms with Gasteiger partial charge in [-0.25, -0.2) is 0 Å². The van der Waals surface area contributed by atoms with Gasteiger partial charge in [-0.05, 0) is 49.3 Å². The van der Waals surface area contributed by atoms with Crippen LogP contribution < -0.4 is 9.47 Å². The molecule has 4 rings (SSSR count). The van der Waals surface area contributed by atoms with Crippen molar-refractivity contribution in [1.82, 2.24) is 9.80 Å². The molecular weight excluding hydrogens is 352 g/mol. The summed E-state index contributed by atoms with van der Waals surface area (Å²) in [5, 5.41) is 0. The largest absolute Gasteiger partial charge is 0.454 e. The van der Waals surface area contributed by atoms with E-state index in [0.29, 0.717) is 18.6 Å². The molecule has 1 aliphatic carbocycles. The van der Waals surface area contributed by atoms with Crippen LogP contribution >= 0.6 is 0 Å². The first-order valence-corrected chi connectivity index (χ1v) is 10.4. The van der Waals surface area contributed by atoms with Gasteiger partial charge in [0.2, 0.25) is 12.7 Å². The van der Waals surface area contributed by atoms with Gasteiger partial charge < -0.3 is 14.4 Å². The van der Waals surface area contributed by atoms with Crippen molar-refractivity contribution in [3.05, 3.63) is 35.4 Å². The molecule has 28 heavy (non-hydrogen) atoms. The molecule has 0 radical (unpaired) electrons. The maximum atomic E-state index is 13.1. The molecule has 5 nitrogen and oxygen atoms in total. The van der Waals surface area contributed by atoms with Crippen molar-refractivity contribution >= 4 is 5.91 Å². The Balaban J connectivity index is 1.29. The van der Waals surface area contributed by atoms with Gasteiger partial charge in [-0.1, -0.05) is 31.6 Å². The van der Waals surface area contributed by atoms with E-state index >= 15 is 0 Å². The highest BCUT2D eigenvalue weighted by molar-refractivity contribution is 5.83. The summed E-state index contributed by atoms with van der Waals surface area (Å²) in [4.78, 5) is 17.6. The Labute approximate surface area is 168 Å². The summed E-state index contributed by atoms with van der Waals surface area (Å²) in [6.07, 6.45) is 3.30. The highest BCUT2D eigenvalue weighted by Gasteiger charge is 2.61. The summed E-state index contributed by atoms with van der Waals surface area (Å²) in [5.41, 5.74) is 2.70. The van der Waals surface area contributed by atoms with Crippen molar-refractivity contribution in [3.63, 3.8) is 0 Å². The van der Waals surface area contributed by atoms with Crippen LogP contribution in [-0.4, -0.2) is 48.7 Å². The zero-order valence-electron chi connectivity index (χ0n) is 17.5. The van der Waals surface area contributed by atoms with Crippen LogP contribution in [0.15, 0.2) is 29.8 Å². The molecule has 2 atom stereocenters. The van der Waals surface area contributed by atoms with E-state index in [1.807, 2.05) is 6.07 Å². The number of hydrogen-bond acceptors (Lipinski definition) is 4. The SMILES string of the molecule is CC(C)=CC[C@H]1[C@H](C(=O)N2CCN(Cc3ccc4c(c3)OCO4)CC2)C1(C)C. The predicted octanol–water partition coefficient (Wildman–Crippen LogP) is 3.69. The van der Waals surface area contributed by atoms with E-state index in [1.165, 1.54) is 11.1 Å². The topological polar surface area (TPSA) is 42.0 Å². The second kappa shape index (κ2) is 7.43. The first-order valence-electron chi connectivity index (χ1n) is 10.4. The fourth-order valence-electron chi connectivity index (χ4n) is 4.66. The van der Waals surface area contributed by atoms with Crippen LogP contribution in [0.2, 0.25) is 0 Å². The van der Waals surface area contributed by atoms with E-state index < -0.39 is 0 Å². The van der Waals surface area contributed by atoms with Crippen LogP contribution in [0.4, 0.5) is 0 Å². The fourth-order valence-corrected chi connectivity index (χ4v) is 4.66. The lowest BCUT2D eigenvalue weighted by Gasteiger charge is -2.35. The smallest absolute Gasteiger partial charge is 0.231 e. The number of rotatable bonds is 5. The Kier molecular flexibility index (Phi) is 5.13. The van der Waals surface area contributed by atoms with E-state index in [-0.39, 0.29) is 11.3 Å². The number of fused-ring (bicyclic) bond motifs is 1. The summed E-state index contributed by atoms with van der Waals surface area (Å²) in [5.74, 6) is 2.70. The van der Waals surface area contributed by atoms with Crippen LogP contribution in [0.1, 0.15) is 39.7 Å². The maximum Gasteiger partial charge on any atom is 0.231 e. The predicted molar refractivity (Wildman–Crippen MR) is 109 cm³/mol. The zero-order chi connectivity index (χ0) is 19.9. The van der Waals surface area contributed by atoms with Gasteiger partial charge in [-0.3, -0.25) is 9.69 Å². The lowest BCUT2D eigenvalue weighted by Crippen LogP contribution is -2.49. The molecule has 0 bridgehead atoms. The van der Waals surface area contributed by atoms with Crippen molar-refractivity contribution in [2.45, 2.75) is 40.7 Å². The molecule has 2 heterocycles. The summed E-state index contributed by atoms with van der Waals surface area (Å²) < 4.78 is 10.9. The number of hydrogen-bond donors (Lipinski definition) is 0. The van der Waals surface area contributed by atoms with Gasteiger partial charge in [0, 0.05) is 38.6 Å². The quantitative estimate of drug-likeness (QED) is 0.726. The molecule has 1 amide bonds. The lowest BCUT2D eigenvalue weighted by molar-refractivity contribution is -0.135. The summed E-state index contributed by atoms with van der Waals surface area (Å²) in [6.45, 7) is 13.4. The van der Waals surface area contributed by atoms with Gasteiger partial charge in [-0.15, -0.1) is 0 Å². The molecule has 152 valence electrons. The van der Waals surface area contributed by atoms with E-state index in [0.717, 1.165) is 50.6 Å². The average Bonchev–Trinajstić information content (AvgIpc) is 2.99. The third kappa shape index (κ3) is 3.77. The average molecular weight is 385 g/mol. The number of carbonyl (C=O) groups is 1. The fraction of sp³-hybridized carbons (Fsp3) is 0.609. The number of piperazine rings is 1. The number of carbonyl (C=O) groups excluding carboxylic acids is 1. The third-order valence-electron chi connectivity index (χ3n) is 6.62. The number of allylic oxidation sites excluding steroid dienone is 2. The molecule has 0 spiro atoms. The molecule has 2 fully saturated rings. The Morgan fingerprint density at radius 1 is 1.14 bits per heavy atom. The van der Waals surface area contributed by atoms with Crippen LogP contribution in [0.3, 0.4) is 0 Å². The molecule has 1 aromatic rings. The number of nitrogens with zero attached hydrogens (tertiary/aromatic N) is 2. The Morgan fingerprint density at radius 2 is 1.86 bits per heavy atom. The molecule has 1 saturated carbocycles. The van der Waals surface area contributed by atoms with Crippen molar-refractivity contribution < 1.29 is 14.3 Å². The van der Waals surface area contributed by atoms with E-state index in [9.17, 15) is 4.79 Å². The van der Waals surface area contributed by atoms with Gasteiger partial charge in [0.15, 0.2) is 11.5 Å². The van der Waals surface area contributed by atoms with Crippen LogP contribution in [0, 0.1) is 17.3 Å². The summed E-state index contributed by atoms with van der Waals surface area (Å²) in [7, 11) is 0. The molecule has 1 aromatic carbocycles. The molecule has 0 N–H and O–H groups in total. The van der Waals surface area contributed by atoms with Gasteiger partial charge >= 0.3 is 0 Å². The minimum atomic E-state index is 0.132. The number of amides is 1. The van der Waals surface area contributed by atoms with E-state index in [1.54, 1.807) is 0 Å². The summed E-state index contributed by atoms with van der Waals surface area (Å²) >= 11 is 0. The van der Waals surface area contributed by atoms with Gasteiger partial charge in [0.1, 0.15) is 0 Å². The van der Waals surface area contributed by atoms with Crippen molar-refractivity contribution in [3.8, 4) is 11.5 Å². The van der Waals surface area contributed by atoms with Crippen LogP contribution in [0.25, 0.3) is 0 Å². The number of benzene rings is 1. The highest BCUT2D eigenvalue weighted by Crippen LogP contribution is 2.60. The molecule has 0 unspecified atom stereocenters. The second-order valence-corrected chi connectivity index (χ2v) is 9.21. The van der Waals surface area contributed by atoms with Crippen molar-refractivity contribution in [1.29, 1.82) is 0 Å². The molecule has 1 saturated heterocycles. The Bertz CT molecular complexity index is 774. The minimum Gasteiger partial charge on any atom is -0.454 e. The first-order chi connectivity index (χ1) is 13.4. The molecule has 0 aromatic heterocycles. The van der Waals surface area contributed by atoms with Gasteiger partial charge in [0.25, 0.3) is 0 Å². The number of ether oxygens (including phenoxy) is 2. The highest BCUT2D eigenvalue weighted by atomic mass is 16.7. The maximum absolute atomic E-state index is 13.1. The Hall–Kier alpha value is -2.01. The monoisotopic (exact) mass is 384 g/mol. The van der Waals surface area contributed by atoms with E-state index in [4.69, 9.17) is 9.47 Å².